The van der Waals surface area contributed by atoms with Crippen LogP contribution in [0.25, 0.3) is 0 Å². The third kappa shape index (κ3) is 5.11. The summed E-state index contributed by atoms with van der Waals surface area (Å²) < 4.78 is 89.3. The molecule has 0 saturated heterocycles. The highest BCUT2D eigenvalue weighted by atomic mass is 19.4. The van der Waals surface area contributed by atoms with E-state index in [1.807, 2.05) is 0 Å². The van der Waals surface area contributed by atoms with Gasteiger partial charge in [0.05, 0.1) is 6.54 Å². The fourth-order valence-electron chi connectivity index (χ4n) is 2.45. The Kier molecular flexibility index (Phi) is 7.91. The number of methoxy groups -OCH3 is 2. The molecule has 1 atom stereocenters. The van der Waals surface area contributed by atoms with Gasteiger partial charge in [0, 0.05) is 32.0 Å². The Hall–Kier alpha value is -2.05. The molecule has 0 heterocycles. The van der Waals surface area contributed by atoms with Gasteiger partial charge in [0.1, 0.15) is 0 Å². The molecule has 0 aliphatic rings. The predicted octanol–water partition coefficient (Wildman–Crippen LogP) is 3.46. The number of halogens is 6. The van der Waals surface area contributed by atoms with E-state index in [1.54, 1.807) is 6.92 Å². The van der Waals surface area contributed by atoms with Gasteiger partial charge in [0.2, 0.25) is 0 Å². The molecule has 1 rings (SSSR count). The SMILES string of the molecule is CCNC(=O)N(CC(OC)OC)c1ccc(C(F)(F)C(O)(F)C(F)(F)F)cc1C. The minimum atomic E-state index is -6.22. The minimum absolute atomic E-state index is 0.0454. The molecule has 0 fully saturated rings. The van der Waals surface area contributed by atoms with Crippen molar-refractivity contribution in [3.63, 3.8) is 0 Å². The number of urea groups is 1. The number of rotatable bonds is 8. The number of carbonyl (C=O) groups is 1. The van der Waals surface area contributed by atoms with Crippen LogP contribution in [-0.2, 0) is 15.4 Å². The van der Waals surface area contributed by atoms with Crippen molar-refractivity contribution in [1.82, 2.24) is 5.32 Å². The molecule has 0 spiro atoms. The summed E-state index contributed by atoms with van der Waals surface area (Å²) in [6.45, 7) is 2.93. The largest absolute Gasteiger partial charge is 0.455 e. The van der Waals surface area contributed by atoms with Gasteiger partial charge >= 0.3 is 24.0 Å². The molecular weight excluding hydrogens is 410 g/mol. The Balaban J connectivity index is 3.39. The van der Waals surface area contributed by atoms with Crippen LogP contribution in [0.2, 0.25) is 0 Å². The summed E-state index contributed by atoms with van der Waals surface area (Å²) in [7, 11) is 2.61. The molecule has 12 heteroatoms. The maximum atomic E-state index is 14.1. The molecule has 0 aliphatic heterocycles. The van der Waals surface area contributed by atoms with Gasteiger partial charge in [-0.2, -0.15) is 26.3 Å². The summed E-state index contributed by atoms with van der Waals surface area (Å²) in [5.41, 5.74) is -1.44. The molecule has 6 nitrogen and oxygen atoms in total. The fraction of sp³-hybridized carbons (Fsp3) is 0.588. The molecule has 1 unspecified atom stereocenters. The number of hydrogen-bond donors (Lipinski definition) is 2. The number of carbonyl (C=O) groups excluding carboxylic acids is 1. The third-order valence-corrected chi connectivity index (χ3v) is 4.07. The number of nitrogens with one attached hydrogen (secondary N) is 1. The maximum absolute atomic E-state index is 14.1. The van der Waals surface area contributed by atoms with Crippen molar-refractivity contribution in [3.05, 3.63) is 29.3 Å². The van der Waals surface area contributed by atoms with Gasteiger partial charge in [-0.1, -0.05) is 6.07 Å². The smallest absolute Gasteiger partial charge is 0.354 e. The van der Waals surface area contributed by atoms with E-state index in [9.17, 15) is 31.1 Å². The van der Waals surface area contributed by atoms with Gasteiger partial charge in [0.15, 0.2) is 6.29 Å². The third-order valence-electron chi connectivity index (χ3n) is 4.07. The van der Waals surface area contributed by atoms with E-state index >= 15 is 0 Å². The summed E-state index contributed by atoms with van der Waals surface area (Å²) in [5.74, 6) is -11.1. The lowest BCUT2D eigenvalue weighted by Gasteiger charge is -2.31. The van der Waals surface area contributed by atoms with Gasteiger partial charge in [0.25, 0.3) is 0 Å². The average Bonchev–Trinajstić information content (AvgIpc) is 2.62. The molecule has 2 N–H and O–H groups in total. The number of benzene rings is 1. The lowest BCUT2D eigenvalue weighted by atomic mass is 9.98. The number of hydrogen-bond acceptors (Lipinski definition) is 4. The van der Waals surface area contributed by atoms with E-state index in [2.05, 4.69) is 5.32 Å². The summed E-state index contributed by atoms with van der Waals surface area (Å²) in [6, 6.07) is 1.33. The Morgan fingerprint density at radius 3 is 2.14 bits per heavy atom. The van der Waals surface area contributed by atoms with Crippen molar-refractivity contribution in [2.45, 2.75) is 38.1 Å². The van der Waals surface area contributed by atoms with Crippen LogP contribution in [0.4, 0.5) is 36.8 Å². The Morgan fingerprint density at radius 1 is 1.17 bits per heavy atom. The van der Waals surface area contributed by atoms with Crippen molar-refractivity contribution in [2.24, 2.45) is 0 Å². The van der Waals surface area contributed by atoms with Crippen LogP contribution in [0.1, 0.15) is 18.1 Å². The molecule has 2 amide bonds. The van der Waals surface area contributed by atoms with Gasteiger partial charge in [-0.25, -0.2) is 4.79 Å². The van der Waals surface area contributed by atoms with E-state index in [0.717, 1.165) is 11.0 Å². The first-order valence-corrected chi connectivity index (χ1v) is 8.32. The first-order valence-electron chi connectivity index (χ1n) is 8.32. The van der Waals surface area contributed by atoms with Crippen molar-refractivity contribution in [2.75, 3.05) is 32.2 Å². The average molecular weight is 432 g/mol. The van der Waals surface area contributed by atoms with E-state index in [4.69, 9.17) is 14.6 Å². The van der Waals surface area contributed by atoms with Gasteiger partial charge in [-0.15, -0.1) is 0 Å². The number of nitrogens with zero attached hydrogens (tertiary/aromatic N) is 1. The standard InChI is InChI=1S/C17H22F6N2O4/c1-5-24-14(26)25(9-13(28-3)29-4)12-7-6-11(8-10(12)2)15(18,19)16(20,27)17(21,22)23/h6-8,13,27H,5,9H2,1-4H3,(H,24,26). The molecule has 29 heavy (non-hydrogen) atoms. The zero-order chi connectivity index (χ0) is 22.6. The normalized spacial score (nSPS) is 14.6. The quantitative estimate of drug-likeness (QED) is 0.488. The predicted molar refractivity (Wildman–Crippen MR) is 91.4 cm³/mol. The minimum Gasteiger partial charge on any atom is -0.354 e. The van der Waals surface area contributed by atoms with E-state index in [1.165, 1.54) is 21.1 Å². The highest BCUT2D eigenvalue weighted by Gasteiger charge is 2.71. The van der Waals surface area contributed by atoms with Crippen LogP contribution >= 0.6 is 0 Å². The number of alkyl halides is 6. The van der Waals surface area contributed by atoms with Crippen LogP contribution < -0.4 is 10.2 Å². The van der Waals surface area contributed by atoms with E-state index < -0.39 is 35.8 Å². The zero-order valence-electron chi connectivity index (χ0n) is 16.1. The summed E-state index contributed by atoms with van der Waals surface area (Å²) in [5, 5.41) is 11.3. The molecular formula is C17H22F6N2O4. The van der Waals surface area contributed by atoms with E-state index in [-0.39, 0.29) is 24.3 Å². The highest BCUT2D eigenvalue weighted by molar-refractivity contribution is 5.92. The summed E-state index contributed by atoms with van der Waals surface area (Å²) >= 11 is 0. The second kappa shape index (κ2) is 9.18. The highest BCUT2D eigenvalue weighted by Crippen LogP contribution is 2.49. The molecule has 0 radical (unpaired) electrons. The second-order valence-electron chi connectivity index (χ2n) is 6.04. The molecule has 166 valence electrons. The molecule has 1 aromatic rings. The topological polar surface area (TPSA) is 71.0 Å². The monoisotopic (exact) mass is 432 g/mol. The lowest BCUT2D eigenvalue weighted by molar-refractivity contribution is -0.390. The maximum Gasteiger partial charge on any atom is 0.455 e. The fourth-order valence-corrected chi connectivity index (χ4v) is 2.45. The Labute approximate surface area is 163 Å². The lowest BCUT2D eigenvalue weighted by Crippen LogP contribution is -2.53. The first kappa shape index (κ1) is 25.0. The zero-order valence-corrected chi connectivity index (χ0v) is 16.1. The second-order valence-corrected chi connectivity index (χ2v) is 6.04. The van der Waals surface area contributed by atoms with Crippen molar-refractivity contribution in [1.29, 1.82) is 0 Å². The van der Waals surface area contributed by atoms with Crippen LogP contribution in [0.15, 0.2) is 18.2 Å². The summed E-state index contributed by atoms with van der Waals surface area (Å²) in [4.78, 5) is 13.4. The molecule has 0 saturated carbocycles. The molecule has 0 bridgehead atoms. The van der Waals surface area contributed by atoms with Crippen LogP contribution in [0.3, 0.4) is 0 Å². The van der Waals surface area contributed by atoms with Gasteiger partial charge < -0.3 is 19.9 Å². The summed E-state index contributed by atoms with van der Waals surface area (Å²) in [6.07, 6.45) is -7.11. The van der Waals surface area contributed by atoms with Crippen molar-refractivity contribution < 1.29 is 45.7 Å². The number of anilines is 1. The first-order chi connectivity index (χ1) is 13.2. The van der Waals surface area contributed by atoms with Crippen LogP contribution in [0, 0.1) is 6.92 Å². The Morgan fingerprint density at radius 2 is 1.72 bits per heavy atom. The number of aryl methyl sites for hydroxylation is 1. The van der Waals surface area contributed by atoms with Gasteiger partial charge in [-0.3, -0.25) is 4.90 Å². The number of aliphatic hydroxyl groups is 1. The van der Waals surface area contributed by atoms with Crippen molar-refractivity contribution >= 4 is 11.7 Å². The molecule has 0 aliphatic carbocycles. The van der Waals surface area contributed by atoms with Crippen LogP contribution in [-0.4, -0.2) is 56.8 Å². The van der Waals surface area contributed by atoms with Gasteiger partial charge in [-0.05, 0) is 31.5 Å². The Bertz CT molecular complexity index is 708. The van der Waals surface area contributed by atoms with E-state index in [0.29, 0.717) is 12.1 Å². The molecule has 0 aromatic heterocycles. The number of amides is 2. The number of ether oxygens (including phenoxy) is 2. The molecule has 1 aromatic carbocycles. The van der Waals surface area contributed by atoms with Crippen LogP contribution in [0.5, 0.6) is 0 Å². The van der Waals surface area contributed by atoms with Crippen molar-refractivity contribution in [3.8, 4) is 0 Å².